The summed E-state index contributed by atoms with van der Waals surface area (Å²) < 4.78 is 14.6. The molecule has 1 aliphatic carbocycles. The number of nitrogen functional groups attached to an aromatic ring is 1. The van der Waals surface area contributed by atoms with Crippen LogP contribution >= 0.6 is 11.5 Å². The first-order valence-electron chi connectivity index (χ1n) is 11.7. The van der Waals surface area contributed by atoms with Gasteiger partial charge in [-0.05, 0) is 54.9 Å². The Kier molecular flexibility index (Phi) is 8.91. The summed E-state index contributed by atoms with van der Waals surface area (Å²) in [5.41, 5.74) is 12.1. The summed E-state index contributed by atoms with van der Waals surface area (Å²) in [4.78, 5) is 40.1. The van der Waals surface area contributed by atoms with Crippen LogP contribution in [0.15, 0.2) is 18.2 Å². The highest BCUT2D eigenvalue weighted by atomic mass is 32.1. The Hall–Kier alpha value is -3.34. The second-order valence-electron chi connectivity index (χ2n) is 8.49. The van der Waals surface area contributed by atoms with E-state index in [1.165, 1.54) is 4.90 Å². The van der Waals surface area contributed by atoms with E-state index in [4.69, 9.17) is 20.9 Å². The van der Waals surface area contributed by atoms with E-state index in [1.54, 1.807) is 20.3 Å². The molecule has 1 aliphatic rings. The van der Waals surface area contributed by atoms with Crippen molar-refractivity contribution in [2.45, 2.75) is 57.5 Å². The van der Waals surface area contributed by atoms with Crippen LogP contribution in [0.2, 0.25) is 0 Å². The van der Waals surface area contributed by atoms with Gasteiger partial charge in [0.05, 0.1) is 19.9 Å². The molecule has 0 aliphatic heterocycles. The largest absolute Gasteiger partial charge is 0.493 e. The van der Waals surface area contributed by atoms with Crippen molar-refractivity contribution in [3.8, 4) is 11.5 Å². The van der Waals surface area contributed by atoms with Gasteiger partial charge in [-0.2, -0.15) is 4.37 Å². The number of nitrogens with two attached hydrogens (primary N) is 2. The maximum atomic E-state index is 13.6. The zero-order chi connectivity index (χ0) is 25.5. The van der Waals surface area contributed by atoms with Crippen molar-refractivity contribution in [3.05, 3.63) is 34.3 Å². The third-order valence-electron chi connectivity index (χ3n) is 6.27. The highest BCUT2D eigenvalue weighted by Crippen LogP contribution is 2.29. The van der Waals surface area contributed by atoms with Crippen molar-refractivity contribution in [2.75, 3.05) is 26.5 Å². The number of hydrogen-bond donors (Lipinski definition) is 3. The van der Waals surface area contributed by atoms with Crippen molar-refractivity contribution in [3.63, 3.8) is 0 Å². The standard InChI is InChI=1S/C24H33N5O5S/c1-4-16(23(31)27-15-7-5-6-8-15)29(24(32)21-19(25)20(22(26)30)28-35-21)12-11-14-9-10-17(33-2)18(13-14)34-3/h9-10,13,15-16H,4-8,11-12,25H2,1-3H3,(H2,26,30)(H,27,31)/t16-/m1/s1. The number of carbonyl (C=O) groups is 3. The molecule has 10 nitrogen and oxygen atoms in total. The quantitative estimate of drug-likeness (QED) is 0.426. The highest BCUT2D eigenvalue weighted by molar-refractivity contribution is 7.09. The zero-order valence-electron chi connectivity index (χ0n) is 20.3. The fourth-order valence-electron chi connectivity index (χ4n) is 4.36. The summed E-state index contributed by atoms with van der Waals surface area (Å²) in [6.07, 6.45) is 4.91. The molecule has 1 saturated carbocycles. The minimum Gasteiger partial charge on any atom is -0.493 e. The Bertz CT molecular complexity index is 1070. The number of anilines is 1. The molecule has 3 rings (SSSR count). The Morgan fingerprint density at radius 2 is 1.89 bits per heavy atom. The van der Waals surface area contributed by atoms with E-state index < -0.39 is 17.9 Å². The van der Waals surface area contributed by atoms with Crippen molar-refractivity contribution < 1.29 is 23.9 Å². The van der Waals surface area contributed by atoms with Crippen LogP contribution in [0, 0.1) is 0 Å². The lowest BCUT2D eigenvalue weighted by atomic mass is 10.1. The number of hydrogen-bond acceptors (Lipinski definition) is 8. The lowest BCUT2D eigenvalue weighted by Crippen LogP contribution is -2.51. The molecule has 190 valence electrons. The second kappa shape index (κ2) is 11.9. The summed E-state index contributed by atoms with van der Waals surface area (Å²) in [5.74, 6) is -0.282. The predicted octanol–water partition coefficient (Wildman–Crippen LogP) is 2.36. The summed E-state index contributed by atoms with van der Waals surface area (Å²) in [7, 11) is 3.12. The number of carbonyl (C=O) groups excluding carboxylic acids is 3. The maximum absolute atomic E-state index is 13.6. The molecule has 0 radical (unpaired) electrons. The Balaban J connectivity index is 1.88. The van der Waals surface area contributed by atoms with Gasteiger partial charge >= 0.3 is 0 Å². The molecule has 3 amide bonds. The molecule has 1 fully saturated rings. The number of ether oxygens (including phenoxy) is 2. The molecule has 0 unspecified atom stereocenters. The van der Waals surface area contributed by atoms with Crippen LogP contribution < -0.4 is 26.3 Å². The van der Waals surface area contributed by atoms with Crippen molar-refractivity contribution >= 4 is 34.9 Å². The Morgan fingerprint density at radius 1 is 1.20 bits per heavy atom. The van der Waals surface area contributed by atoms with Crippen LogP contribution in [0.25, 0.3) is 0 Å². The summed E-state index contributed by atoms with van der Waals surface area (Å²) in [6.45, 7) is 2.11. The van der Waals surface area contributed by atoms with Crippen molar-refractivity contribution in [1.29, 1.82) is 0 Å². The SMILES string of the molecule is CC[C@H](C(=O)NC1CCCC1)N(CCc1ccc(OC)c(OC)c1)C(=O)c1snc(C(N)=O)c1N. The fourth-order valence-corrected chi connectivity index (χ4v) is 5.12. The lowest BCUT2D eigenvalue weighted by Gasteiger charge is -2.31. The normalized spacial score (nSPS) is 14.4. The van der Waals surface area contributed by atoms with Crippen LogP contribution in [-0.4, -0.2) is 59.8 Å². The Morgan fingerprint density at radius 3 is 2.46 bits per heavy atom. The van der Waals surface area contributed by atoms with Gasteiger partial charge in [0.25, 0.3) is 11.8 Å². The molecular formula is C24H33N5O5S. The number of aromatic nitrogens is 1. The number of methoxy groups -OCH3 is 2. The van der Waals surface area contributed by atoms with E-state index in [0.29, 0.717) is 24.3 Å². The molecule has 11 heteroatoms. The van der Waals surface area contributed by atoms with Crippen LogP contribution in [0.5, 0.6) is 11.5 Å². The zero-order valence-corrected chi connectivity index (χ0v) is 21.2. The van der Waals surface area contributed by atoms with Crippen molar-refractivity contribution in [1.82, 2.24) is 14.6 Å². The Labute approximate surface area is 209 Å². The van der Waals surface area contributed by atoms with E-state index in [0.717, 1.165) is 42.8 Å². The smallest absolute Gasteiger partial charge is 0.270 e. The summed E-state index contributed by atoms with van der Waals surface area (Å²) in [5, 5.41) is 3.10. The van der Waals surface area contributed by atoms with E-state index in [-0.39, 0.29) is 34.8 Å². The lowest BCUT2D eigenvalue weighted by molar-refractivity contribution is -0.126. The third-order valence-corrected chi connectivity index (χ3v) is 7.12. The molecule has 1 atom stereocenters. The van der Waals surface area contributed by atoms with Gasteiger partial charge in [0.1, 0.15) is 10.9 Å². The fraction of sp³-hybridized carbons (Fsp3) is 0.500. The number of benzene rings is 1. The molecule has 1 aromatic heterocycles. The number of nitrogens with zero attached hydrogens (tertiary/aromatic N) is 2. The molecule has 0 spiro atoms. The van der Waals surface area contributed by atoms with E-state index >= 15 is 0 Å². The predicted molar refractivity (Wildman–Crippen MR) is 134 cm³/mol. The summed E-state index contributed by atoms with van der Waals surface area (Å²) in [6, 6.07) is 4.93. The molecule has 0 bridgehead atoms. The van der Waals surface area contributed by atoms with Gasteiger partial charge in [0, 0.05) is 12.6 Å². The maximum Gasteiger partial charge on any atom is 0.270 e. The van der Waals surface area contributed by atoms with Crippen LogP contribution in [-0.2, 0) is 11.2 Å². The van der Waals surface area contributed by atoms with Gasteiger partial charge in [0.2, 0.25) is 5.91 Å². The number of amides is 3. The van der Waals surface area contributed by atoms with Gasteiger partial charge < -0.3 is 31.2 Å². The van der Waals surface area contributed by atoms with E-state index in [1.807, 2.05) is 19.1 Å². The van der Waals surface area contributed by atoms with Gasteiger partial charge in [-0.3, -0.25) is 14.4 Å². The second-order valence-corrected chi connectivity index (χ2v) is 9.26. The first-order valence-corrected chi connectivity index (χ1v) is 12.4. The van der Waals surface area contributed by atoms with Crippen LogP contribution in [0.3, 0.4) is 0 Å². The average molecular weight is 504 g/mol. The highest BCUT2D eigenvalue weighted by Gasteiger charge is 2.33. The van der Waals surface area contributed by atoms with Crippen molar-refractivity contribution in [2.24, 2.45) is 5.73 Å². The topological polar surface area (TPSA) is 150 Å². The minimum atomic E-state index is -0.805. The molecule has 0 saturated heterocycles. The summed E-state index contributed by atoms with van der Waals surface area (Å²) >= 11 is 0.811. The molecular weight excluding hydrogens is 470 g/mol. The number of nitrogens with one attached hydrogen (secondary N) is 1. The monoisotopic (exact) mass is 503 g/mol. The molecule has 1 aromatic carbocycles. The third kappa shape index (κ3) is 6.02. The number of primary amides is 1. The minimum absolute atomic E-state index is 0.0605. The number of rotatable bonds is 11. The van der Waals surface area contributed by atoms with E-state index in [2.05, 4.69) is 9.69 Å². The average Bonchev–Trinajstić information content (AvgIpc) is 3.50. The van der Waals surface area contributed by atoms with Crippen LogP contribution in [0.4, 0.5) is 5.69 Å². The van der Waals surface area contributed by atoms with Crippen LogP contribution in [0.1, 0.15) is 64.8 Å². The molecule has 2 aromatic rings. The van der Waals surface area contributed by atoms with Gasteiger partial charge in [0.15, 0.2) is 17.2 Å². The van der Waals surface area contributed by atoms with Gasteiger partial charge in [-0.15, -0.1) is 0 Å². The van der Waals surface area contributed by atoms with E-state index in [9.17, 15) is 14.4 Å². The van der Waals surface area contributed by atoms with Gasteiger partial charge in [-0.1, -0.05) is 25.8 Å². The first-order chi connectivity index (χ1) is 16.8. The molecule has 1 heterocycles. The van der Waals surface area contributed by atoms with Gasteiger partial charge in [-0.25, -0.2) is 0 Å². The molecule has 5 N–H and O–H groups in total. The first kappa shape index (κ1) is 26.3. The molecule has 35 heavy (non-hydrogen) atoms.